The van der Waals surface area contributed by atoms with E-state index < -0.39 is 6.04 Å². The molecule has 0 saturated carbocycles. The van der Waals surface area contributed by atoms with Crippen molar-refractivity contribution < 1.29 is 23.8 Å². The Hall–Kier alpha value is -4.37. The molecule has 1 fully saturated rings. The summed E-state index contributed by atoms with van der Waals surface area (Å²) in [6.45, 7) is 8.91. The summed E-state index contributed by atoms with van der Waals surface area (Å²) in [6, 6.07) is 17.0. The number of aryl methyl sites for hydroxylation is 1. The number of ether oxygens (including phenoxy) is 3. The Labute approximate surface area is 282 Å². The van der Waals surface area contributed by atoms with E-state index in [1.54, 1.807) is 21.3 Å². The monoisotopic (exact) mass is 658 g/mol. The number of methoxy groups -OCH3 is 3. The molecule has 1 unspecified atom stereocenters. The molecule has 47 heavy (non-hydrogen) atoms. The quantitative estimate of drug-likeness (QED) is 0.303. The van der Waals surface area contributed by atoms with Crippen molar-refractivity contribution in [2.24, 2.45) is 5.41 Å². The Morgan fingerprint density at radius 2 is 1.64 bits per heavy atom. The lowest BCUT2D eigenvalue weighted by atomic mass is 9.73. The molecule has 1 atom stereocenters. The predicted molar refractivity (Wildman–Crippen MR) is 186 cm³/mol. The molecular weight excluding hydrogens is 616 g/mol. The third kappa shape index (κ3) is 6.21. The molecule has 3 aromatic carbocycles. The van der Waals surface area contributed by atoms with Crippen LogP contribution in [0.25, 0.3) is 0 Å². The predicted octanol–water partition coefficient (Wildman–Crippen LogP) is 6.64. The van der Waals surface area contributed by atoms with Gasteiger partial charge in [-0.15, -0.1) is 0 Å². The summed E-state index contributed by atoms with van der Waals surface area (Å²) in [5.74, 6) is 1.44. The Balaban J connectivity index is 1.42. The van der Waals surface area contributed by atoms with E-state index in [1.807, 2.05) is 59.5 Å². The molecule has 2 aliphatic heterocycles. The molecule has 3 aliphatic rings. The molecule has 1 saturated heterocycles. The number of rotatable bonds is 7. The highest BCUT2D eigenvalue weighted by molar-refractivity contribution is 6.30. The fraction of sp³-hybridized carbons (Fsp3) is 0.405. The van der Waals surface area contributed by atoms with Crippen LogP contribution in [0.1, 0.15) is 43.9 Å². The number of ketones is 1. The van der Waals surface area contributed by atoms with Gasteiger partial charge in [0, 0.05) is 60.1 Å². The highest BCUT2D eigenvalue weighted by Crippen LogP contribution is 2.52. The summed E-state index contributed by atoms with van der Waals surface area (Å²) in [5.41, 5.74) is 5.92. The summed E-state index contributed by atoms with van der Waals surface area (Å²) in [7, 11) is 4.73. The van der Waals surface area contributed by atoms with E-state index >= 15 is 0 Å². The first-order valence-corrected chi connectivity index (χ1v) is 16.4. The minimum atomic E-state index is -0.626. The smallest absolute Gasteiger partial charge is 0.242 e. The van der Waals surface area contributed by atoms with Gasteiger partial charge in [0.25, 0.3) is 0 Å². The van der Waals surface area contributed by atoms with Gasteiger partial charge in [-0.05, 0) is 60.7 Å². The fourth-order valence-corrected chi connectivity index (χ4v) is 7.42. The van der Waals surface area contributed by atoms with Crippen LogP contribution in [0, 0.1) is 12.3 Å². The van der Waals surface area contributed by atoms with Crippen LogP contribution in [-0.2, 0) is 9.59 Å². The topological polar surface area (TPSA) is 83.6 Å². The van der Waals surface area contributed by atoms with Crippen LogP contribution in [0.4, 0.5) is 17.1 Å². The number of anilines is 3. The molecule has 3 aromatic rings. The average molecular weight is 659 g/mol. The number of carbonyl (C=O) groups is 2. The number of nitrogens with one attached hydrogen (secondary N) is 1. The number of hydrogen-bond acceptors (Lipinski definition) is 8. The summed E-state index contributed by atoms with van der Waals surface area (Å²) >= 11 is 6.32. The van der Waals surface area contributed by atoms with Gasteiger partial charge >= 0.3 is 0 Å². The van der Waals surface area contributed by atoms with E-state index in [2.05, 4.69) is 35.9 Å². The maximum Gasteiger partial charge on any atom is 0.242 e. The summed E-state index contributed by atoms with van der Waals surface area (Å²) in [5, 5.41) is 4.33. The van der Waals surface area contributed by atoms with Crippen molar-refractivity contribution in [2.75, 3.05) is 69.2 Å². The Morgan fingerprint density at radius 1 is 0.915 bits per heavy atom. The zero-order chi connectivity index (χ0) is 33.5. The van der Waals surface area contributed by atoms with Gasteiger partial charge in [-0.3, -0.25) is 9.59 Å². The van der Waals surface area contributed by atoms with Crippen LogP contribution in [0.3, 0.4) is 0 Å². The lowest BCUT2D eigenvalue weighted by Gasteiger charge is -2.40. The lowest BCUT2D eigenvalue weighted by molar-refractivity contribution is -0.130. The largest absolute Gasteiger partial charge is 0.493 e. The molecule has 1 N–H and O–H groups in total. The van der Waals surface area contributed by atoms with Crippen LogP contribution in [0.5, 0.6) is 17.2 Å². The number of allylic oxidation sites excluding steroid dienone is 1. The minimum Gasteiger partial charge on any atom is -0.493 e. The van der Waals surface area contributed by atoms with Gasteiger partial charge in [-0.25, -0.2) is 0 Å². The first kappa shape index (κ1) is 32.6. The molecule has 0 bridgehead atoms. The molecular formula is C37H43ClN4O5. The molecule has 0 spiro atoms. The van der Waals surface area contributed by atoms with Gasteiger partial charge in [0.15, 0.2) is 17.3 Å². The molecule has 9 nitrogen and oxygen atoms in total. The highest BCUT2D eigenvalue weighted by atomic mass is 35.5. The number of benzene rings is 3. The molecule has 0 aromatic heterocycles. The van der Waals surface area contributed by atoms with Crippen molar-refractivity contribution in [2.45, 2.75) is 39.7 Å². The standard InChI is InChI=1S/C37H43ClN4O5/c1-23-11-12-24(38)19-29(23)40-15-17-41(18-16-40)32(44)22-42-28-10-8-7-9-26(28)39-27-20-37(2,3)21-30(43)33(27)34(42)25-13-14-31(45-4)36(47-6)35(25)46-5/h7-14,19,34,39H,15-18,20-22H2,1-6H3. The van der Waals surface area contributed by atoms with Gasteiger partial charge in [-0.2, -0.15) is 0 Å². The molecule has 10 heteroatoms. The van der Waals surface area contributed by atoms with E-state index in [1.165, 1.54) is 0 Å². The minimum absolute atomic E-state index is 0.0145. The van der Waals surface area contributed by atoms with E-state index in [0.29, 0.717) is 66.9 Å². The number of nitrogens with zero attached hydrogens (tertiary/aromatic N) is 3. The van der Waals surface area contributed by atoms with Crippen molar-refractivity contribution in [3.63, 3.8) is 0 Å². The highest BCUT2D eigenvalue weighted by Gasteiger charge is 2.44. The van der Waals surface area contributed by atoms with Crippen molar-refractivity contribution in [3.8, 4) is 17.2 Å². The van der Waals surface area contributed by atoms with Crippen LogP contribution in [0.15, 0.2) is 65.9 Å². The lowest BCUT2D eigenvalue weighted by Crippen LogP contribution is -2.52. The number of carbonyl (C=O) groups excluding carboxylic acids is 2. The van der Waals surface area contributed by atoms with Crippen molar-refractivity contribution >= 4 is 40.4 Å². The third-order valence-corrected chi connectivity index (χ3v) is 9.72. The molecule has 1 aliphatic carbocycles. The first-order valence-electron chi connectivity index (χ1n) is 16.0. The number of amides is 1. The number of halogens is 1. The zero-order valence-electron chi connectivity index (χ0n) is 28.0. The van der Waals surface area contributed by atoms with Crippen molar-refractivity contribution in [1.29, 1.82) is 0 Å². The Morgan fingerprint density at radius 3 is 2.34 bits per heavy atom. The number of hydrogen-bond donors (Lipinski definition) is 1. The van der Waals surface area contributed by atoms with Crippen LogP contribution < -0.4 is 29.3 Å². The fourth-order valence-electron chi connectivity index (χ4n) is 7.26. The second-order valence-electron chi connectivity index (χ2n) is 13.2. The number of para-hydroxylation sites is 2. The molecule has 1 amide bonds. The van der Waals surface area contributed by atoms with Gasteiger partial charge in [0.2, 0.25) is 11.7 Å². The maximum atomic E-state index is 14.3. The van der Waals surface area contributed by atoms with E-state index in [9.17, 15) is 9.59 Å². The third-order valence-electron chi connectivity index (χ3n) is 9.48. The second kappa shape index (κ2) is 13.0. The zero-order valence-corrected chi connectivity index (χ0v) is 28.7. The molecule has 248 valence electrons. The van der Waals surface area contributed by atoms with Crippen molar-refractivity contribution in [1.82, 2.24) is 4.90 Å². The summed E-state index contributed by atoms with van der Waals surface area (Å²) < 4.78 is 17.4. The molecule has 6 rings (SSSR count). The Kier molecular flexibility index (Phi) is 9.03. The first-order chi connectivity index (χ1) is 22.5. The van der Waals surface area contributed by atoms with E-state index in [4.69, 9.17) is 25.8 Å². The average Bonchev–Trinajstić information content (AvgIpc) is 3.18. The van der Waals surface area contributed by atoms with Crippen LogP contribution >= 0.6 is 11.6 Å². The summed E-state index contributed by atoms with van der Waals surface area (Å²) in [6.07, 6.45) is 1.07. The van der Waals surface area contributed by atoms with Gasteiger partial charge in [-0.1, -0.05) is 43.6 Å². The molecule has 0 radical (unpaired) electrons. The van der Waals surface area contributed by atoms with Gasteiger partial charge in [0.1, 0.15) is 0 Å². The number of piperazine rings is 1. The SMILES string of the molecule is COc1ccc(C2C3=C(CC(C)(C)CC3=O)Nc3ccccc3N2CC(=O)N2CCN(c3cc(Cl)ccc3C)CC2)c(OC)c1OC. The normalized spacial score (nSPS) is 19.0. The number of Topliss-reactive ketones (excluding diaryl/α,β-unsaturated/α-hetero) is 1. The van der Waals surface area contributed by atoms with E-state index in [0.717, 1.165) is 33.9 Å². The van der Waals surface area contributed by atoms with E-state index in [-0.39, 0.29) is 23.7 Å². The van der Waals surface area contributed by atoms with Crippen molar-refractivity contribution in [3.05, 3.63) is 82.0 Å². The number of fused-ring (bicyclic) bond motifs is 1. The van der Waals surface area contributed by atoms with Crippen LogP contribution in [0.2, 0.25) is 5.02 Å². The van der Waals surface area contributed by atoms with Gasteiger partial charge < -0.3 is 34.2 Å². The van der Waals surface area contributed by atoms with Crippen LogP contribution in [-0.4, -0.2) is 70.6 Å². The summed E-state index contributed by atoms with van der Waals surface area (Å²) in [4.78, 5) is 34.8. The van der Waals surface area contributed by atoms with Gasteiger partial charge in [0.05, 0.1) is 45.3 Å². The Bertz CT molecular complexity index is 1730. The second-order valence-corrected chi connectivity index (χ2v) is 13.7. The maximum absolute atomic E-state index is 14.3. The molecule has 2 heterocycles.